The molecule has 1 aromatic rings. The molecule has 0 spiro atoms. The van der Waals surface area contributed by atoms with Crippen LogP contribution in [0.25, 0.3) is 0 Å². The largest absolute Gasteiger partial charge is 0.389 e. The van der Waals surface area contributed by atoms with E-state index in [4.69, 9.17) is 0 Å². The summed E-state index contributed by atoms with van der Waals surface area (Å²) in [5, 5.41) is 26.8. The Balaban J connectivity index is 1.99. The van der Waals surface area contributed by atoms with E-state index in [1.165, 1.54) is 0 Å². The topological polar surface area (TPSA) is 86.7 Å². The first-order valence-electron chi connectivity index (χ1n) is 4.44. The summed E-state index contributed by atoms with van der Waals surface area (Å²) in [7, 11) is 0. The maximum absolute atomic E-state index is 10.1. The Morgan fingerprint density at radius 3 is 2.77 bits per heavy atom. The number of nitrogens with one attached hydrogen (secondary N) is 2. The molecule has 0 amide bonds. The molecule has 1 saturated heterocycles. The summed E-state index contributed by atoms with van der Waals surface area (Å²) in [4.78, 5) is 0. The summed E-state index contributed by atoms with van der Waals surface area (Å²) in [6.07, 6.45) is 1.99. The zero-order valence-electron chi connectivity index (χ0n) is 7.32. The highest BCUT2D eigenvalue weighted by Crippen LogP contribution is 2.20. The molecule has 1 aromatic heterocycles. The quantitative estimate of drug-likeness (QED) is 0.539. The van der Waals surface area contributed by atoms with Crippen LogP contribution >= 0.6 is 0 Å². The third kappa shape index (κ3) is 2.02. The molecule has 72 valence electrons. The summed E-state index contributed by atoms with van der Waals surface area (Å²) < 4.78 is 0. The van der Waals surface area contributed by atoms with Gasteiger partial charge in [0.2, 0.25) is 0 Å². The Labute approximate surface area is 75.7 Å². The van der Waals surface area contributed by atoms with Gasteiger partial charge in [-0.25, -0.2) is 0 Å². The van der Waals surface area contributed by atoms with Gasteiger partial charge < -0.3 is 10.4 Å². The van der Waals surface area contributed by atoms with Gasteiger partial charge in [0.15, 0.2) is 5.82 Å². The second-order valence-electron chi connectivity index (χ2n) is 3.48. The number of nitrogens with zero attached hydrogens (tertiary/aromatic N) is 3. The van der Waals surface area contributed by atoms with Gasteiger partial charge in [-0.05, 0) is 25.9 Å². The molecule has 3 N–H and O–H groups in total. The van der Waals surface area contributed by atoms with Crippen LogP contribution in [-0.4, -0.2) is 44.4 Å². The van der Waals surface area contributed by atoms with Crippen LogP contribution in [0.4, 0.5) is 0 Å². The molecule has 0 unspecified atom stereocenters. The van der Waals surface area contributed by atoms with E-state index >= 15 is 0 Å². The molecule has 2 heterocycles. The third-order valence-corrected chi connectivity index (χ3v) is 2.41. The maximum atomic E-state index is 10.1. The molecule has 0 bridgehead atoms. The predicted molar refractivity (Wildman–Crippen MR) is 44.9 cm³/mol. The van der Waals surface area contributed by atoms with Crippen LogP contribution < -0.4 is 5.32 Å². The van der Waals surface area contributed by atoms with Gasteiger partial charge in [-0.1, -0.05) is 5.21 Å². The van der Waals surface area contributed by atoms with E-state index in [-0.39, 0.29) is 0 Å². The van der Waals surface area contributed by atoms with E-state index in [2.05, 4.69) is 25.9 Å². The lowest BCUT2D eigenvalue weighted by Crippen LogP contribution is -2.43. The first-order valence-corrected chi connectivity index (χ1v) is 4.44. The van der Waals surface area contributed by atoms with Crippen molar-refractivity contribution in [2.24, 2.45) is 0 Å². The zero-order chi connectivity index (χ0) is 9.15. The first kappa shape index (κ1) is 8.58. The molecule has 6 nitrogen and oxygen atoms in total. The first-order chi connectivity index (χ1) is 6.29. The van der Waals surface area contributed by atoms with Crippen LogP contribution in [0.2, 0.25) is 0 Å². The second kappa shape index (κ2) is 3.39. The van der Waals surface area contributed by atoms with Crippen LogP contribution in [0.5, 0.6) is 0 Å². The summed E-state index contributed by atoms with van der Waals surface area (Å²) in [5.74, 6) is 0.587. The number of tetrazole rings is 1. The molecule has 2 rings (SSSR count). The normalized spacial score (nSPS) is 21.6. The summed E-state index contributed by atoms with van der Waals surface area (Å²) >= 11 is 0. The van der Waals surface area contributed by atoms with Gasteiger partial charge in [0.25, 0.3) is 0 Å². The third-order valence-electron chi connectivity index (χ3n) is 2.41. The number of rotatable bonds is 2. The summed E-state index contributed by atoms with van der Waals surface area (Å²) in [6.45, 7) is 1.71. The molecule has 0 saturated carbocycles. The fourth-order valence-electron chi connectivity index (χ4n) is 1.62. The predicted octanol–water partition coefficient (Wildman–Crippen LogP) is -1.14. The number of piperidine rings is 1. The molecule has 1 aliphatic rings. The minimum absolute atomic E-state index is 0.491. The minimum Gasteiger partial charge on any atom is -0.389 e. The van der Waals surface area contributed by atoms with Crippen LogP contribution in [0.3, 0.4) is 0 Å². The molecule has 1 fully saturated rings. The zero-order valence-corrected chi connectivity index (χ0v) is 7.32. The Kier molecular flexibility index (Phi) is 2.24. The molecule has 13 heavy (non-hydrogen) atoms. The van der Waals surface area contributed by atoms with E-state index in [1.807, 2.05) is 0 Å². The average Bonchev–Trinajstić information content (AvgIpc) is 2.57. The Bertz CT molecular complexity index is 254. The lowest BCUT2D eigenvalue weighted by molar-refractivity contribution is 0.00911. The number of H-pyrrole nitrogens is 1. The molecule has 0 aliphatic carbocycles. The van der Waals surface area contributed by atoms with Gasteiger partial charge in [-0.15, -0.1) is 10.2 Å². The Morgan fingerprint density at radius 2 is 2.15 bits per heavy atom. The summed E-state index contributed by atoms with van der Waals surface area (Å²) in [6, 6.07) is 0. The van der Waals surface area contributed by atoms with E-state index in [0.29, 0.717) is 12.2 Å². The number of hydrogen-bond acceptors (Lipinski definition) is 5. The van der Waals surface area contributed by atoms with Crippen molar-refractivity contribution < 1.29 is 5.11 Å². The van der Waals surface area contributed by atoms with Crippen molar-refractivity contribution in [2.75, 3.05) is 13.1 Å². The Hall–Kier alpha value is -1.01. The van der Waals surface area contributed by atoms with Gasteiger partial charge in [-0.3, -0.25) is 0 Å². The van der Waals surface area contributed by atoms with Crippen molar-refractivity contribution >= 4 is 0 Å². The molecular weight excluding hydrogens is 170 g/mol. The smallest absolute Gasteiger partial charge is 0.177 e. The van der Waals surface area contributed by atoms with Crippen molar-refractivity contribution in [3.63, 3.8) is 0 Å². The molecule has 6 heteroatoms. The highest BCUT2D eigenvalue weighted by Gasteiger charge is 2.30. The average molecular weight is 183 g/mol. The monoisotopic (exact) mass is 183 g/mol. The molecule has 1 aliphatic heterocycles. The fraction of sp³-hybridized carbons (Fsp3) is 0.857. The maximum Gasteiger partial charge on any atom is 0.177 e. The number of aliphatic hydroxyl groups is 1. The standard InChI is InChI=1S/C7H13N5O/c13-7(1-3-8-4-2-7)5-6-9-11-12-10-6/h8,13H,1-5H2,(H,9,10,11,12). The minimum atomic E-state index is -0.644. The van der Waals surface area contributed by atoms with E-state index in [0.717, 1.165) is 25.9 Å². The molecule has 0 aromatic carbocycles. The summed E-state index contributed by atoms with van der Waals surface area (Å²) in [5.41, 5.74) is -0.644. The van der Waals surface area contributed by atoms with E-state index < -0.39 is 5.60 Å². The SMILES string of the molecule is OC1(Cc2nn[nH]n2)CCNCC1. The molecule has 0 radical (unpaired) electrons. The van der Waals surface area contributed by atoms with Crippen molar-refractivity contribution in [1.82, 2.24) is 25.9 Å². The second-order valence-corrected chi connectivity index (χ2v) is 3.48. The lowest BCUT2D eigenvalue weighted by Gasteiger charge is -2.31. The van der Waals surface area contributed by atoms with Crippen molar-refractivity contribution in [1.29, 1.82) is 0 Å². The molecular formula is C7H13N5O. The highest BCUT2D eigenvalue weighted by atomic mass is 16.3. The molecule has 0 atom stereocenters. The van der Waals surface area contributed by atoms with Crippen LogP contribution in [0.1, 0.15) is 18.7 Å². The highest BCUT2D eigenvalue weighted by molar-refractivity contribution is 4.93. The van der Waals surface area contributed by atoms with Gasteiger partial charge >= 0.3 is 0 Å². The van der Waals surface area contributed by atoms with Crippen LogP contribution in [-0.2, 0) is 6.42 Å². The van der Waals surface area contributed by atoms with Crippen molar-refractivity contribution in [3.05, 3.63) is 5.82 Å². The number of hydrogen-bond donors (Lipinski definition) is 3. The van der Waals surface area contributed by atoms with E-state index in [1.54, 1.807) is 0 Å². The fourth-order valence-corrected chi connectivity index (χ4v) is 1.62. The van der Waals surface area contributed by atoms with Gasteiger partial charge in [-0.2, -0.15) is 5.21 Å². The van der Waals surface area contributed by atoms with Gasteiger partial charge in [0.05, 0.1) is 5.60 Å². The Morgan fingerprint density at radius 1 is 1.38 bits per heavy atom. The van der Waals surface area contributed by atoms with Crippen LogP contribution in [0.15, 0.2) is 0 Å². The number of aromatic nitrogens is 4. The van der Waals surface area contributed by atoms with Crippen molar-refractivity contribution in [3.8, 4) is 0 Å². The van der Waals surface area contributed by atoms with E-state index in [9.17, 15) is 5.11 Å². The van der Waals surface area contributed by atoms with Crippen molar-refractivity contribution in [2.45, 2.75) is 24.9 Å². The van der Waals surface area contributed by atoms with Crippen LogP contribution in [0, 0.1) is 0 Å². The van der Waals surface area contributed by atoms with Gasteiger partial charge in [0.1, 0.15) is 0 Å². The lowest BCUT2D eigenvalue weighted by atomic mass is 9.89. The van der Waals surface area contributed by atoms with Gasteiger partial charge in [0, 0.05) is 6.42 Å². The number of aromatic amines is 1.